The van der Waals surface area contributed by atoms with Gasteiger partial charge in [-0.3, -0.25) is 9.69 Å². The van der Waals surface area contributed by atoms with Gasteiger partial charge >= 0.3 is 0 Å². The van der Waals surface area contributed by atoms with E-state index in [9.17, 15) is 18.5 Å². The highest BCUT2D eigenvalue weighted by Gasteiger charge is 2.47. The molecule has 5 rings (SSSR count). The van der Waals surface area contributed by atoms with E-state index in [0.717, 1.165) is 57.1 Å². The minimum absolute atomic E-state index is 0.184. The molecule has 0 bridgehead atoms. The first kappa shape index (κ1) is 31.0. The van der Waals surface area contributed by atoms with E-state index in [-0.39, 0.29) is 23.6 Å². The molecule has 0 spiro atoms. The molecule has 3 atom stereocenters. The highest BCUT2D eigenvalue weighted by Crippen LogP contribution is 2.42. The lowest BCUT2D eigenvalue weighted by Crippen LogP contribution is -2.57. The number of aromatic amines is 1. The molecule has 4 fully saturated rings. The average molecular weight is 601 g/mol. The molecule has 2 aliphatic carbocycles. The number of rotatable bonds is 9. The number of nitriles is 1. The highest BCUT2D eigenvalue weighted by atomic mass is 32.2. The predicted molar refractivity (Wildman–Crippen MR) is 162 cm³/mol. The summed E-state index contributed by atoms with van der Waals surface area (Å²) in [6, 6.07) is 6.41. The lowest BCUT2D eigenvalue weighted by molar-refractivity contribution is -0.125. The van der Waals surface area contributed by atoms with Gasteiger partial charge in [0.1, 0.15) is 17.3 Å². The van der Waals surface area contributed by atoms with Crippen LogP contribution in [-0.2, 0) is 19.6 Å². The SMILES string of the molecule is CS(=O)(=O)N=C(C(C(=O)NC1(C#N)CCN(CC2CCCCC2)C1)C(c1ccc[nH]1)C1CCCCC1)N1CCOCC1. The second-order valence-electron chi connectivity index (χ2n) is 13.0. The van der Waals surface area contributed by atoms with Gasteiger partial charge < -0.3 is 19.9 Å². The largest absolute Gasteiger partial charge is 0.378 e. The molecule has 2 N–H and O–H groups in total. The number of morpholine rings is 1. The molecule has 1 amide bonds. The van der Waals surface area contributed by atoms with Gasteiger partial charge in [-0.15, -0.1) is 4.40 Å². The summed E-state index contributed by atoms with van der Waals surface area (Å²) in [7, 11) is -3.82. The lowest BCUT2D eigenvalue weighted by Gasteiger charge is -2.40. The quantitative estimate of drug-likeness (QED) is 0.327. The molecule has 3 heterocycles. The van der Waals surface area contributed by atoms with Crippen molar-refractivity contribution in [3.63, 3.8) is 0 Å². The number of hydrogen-bond donors (Lipinski definition) is 2. The van der Waals surface area contributed by atoms with Crippen LogP contribution in [-0.4, -0.2) is 92.7 Å². The lowest BCUT2D eigenvalue weighted by atomic mass is 9.71. The van der Waals surface area contributed by atoms with Gasteiger partial charge in [0.15, 0.2) is 0 Å². The molecule has 2 saturated carbocycles. The fourth-order valence-corrected chi connectivity index (χ4v) is 8.35. The number of carbonyl (C=O) groups is 1. The van der Waals surface area contributed by atoms with Crippen molar-refractivity contribution in [2.75, 3.05) is 52.2 Å². The standard InChI is InChI=1S/C31H48N6O4S/c1-42(39,40)35-29(37-17-19-41-20-18-37)28(27(26-13-8-15-33-26)25-11-6-3-7-12-25)30(38)34-31(22-32)14-16-36(23-31)21-24-9-4-2-5-10-24/h8,13,15,24-25,27-28,33H,2-7,9-12,14,16-21,23H2,1H3,(H,34,38). The fourth-order valence-electron chi connectivity index (χ4n) is 7.78. The second kappa shape index (κ2) is 13.9. The monoisotopic (exact) mass is 600 g/mol. The molecule has 232 valence electrons. The van der Waals surface area contributed by atoms with Crippen LogP contribution in [0, 0.1) is 29.1 Å². The van der Waals surface area contributed by atoms with Crippen LogP contribution in [0.1, 0.15) is 82.2 Å². The summed E-state index contributed by atoms with van der Waals surface area (Å²) in [6.45, 7) is 4.01. The van der Waals surface area contributed by atoms with E-state index in [1.165, 1.54) is 32.1 Å². The van der Waals surface area contributed by atoms with Crippen LogP contribution in [0.3, 0.4) is 0 Å². The molecule has 3 unspecified atom stereocenters. The number of amides is 1. The number of nitrogens with one attached hydrogen (secondary N) is 2. The Morgan fingerprint density at radius 1 is 1.14 bits per heavy atom. The van der Waals surface area contributed by atoms with E-state index in [2.05, 4.69) is 25.7 Å². The number of H-pyrrole nitrogens is 1. The van der Waals surface area contributed by atoms with Crippen LogP contribution in [0.25, 0.3) is 0 Å². The van der Waals surface area contributed by atoms with Gasteiger partial charge in [0, 0.05) is 50.5 Å². The van der Waals surface area contributed by atoms with Crippen molar-refractivity contribution in [3.05, 3.63) is 24.0 Å². The third kappa shape index (κ3) is 7.74. The fraction of sp³-hybridized carbons (Fsp3) is 0.774. The first-order valence-corrected chi connectivity index (χ1v) is 17.8. The summed E-state index contributed by atoms with van der Waals surface area (Å²) in [6.07, 6.45) is 15.0. The van der Waals surface area contributed by atoms with Crippen LogP contribution in [0.4, 0.5) is 0 Å². The maximum absolute atomic E-state index is 14.7. The van der Waals surface area contributed by atoms with Gasteiger partial charge in [-0.05, 0) is 56.1 Å². The van der Waals surface area contributed by atoms with Crippen LogP contribution >= 0.6 is 0 Å². The van der Waals surface area contributed by atoms with Crippen LogP contribution in [0.15, 0.2) is 22.7 Å². The first-order chi connectivity index (χ1) is 20.3. The van der Waals surface area contributed by atoms with Crippen molar-refractivity contribution < 1.29 is 17.9 Å². The Morgan fingerprint density at radius 2 is 1.83 bits per heavy atom. The van der Waals surface area contributed by atoms with Crippen molar-refractivity contribution in [2.24, 2.45) is 22.2 Å². The van der Waals surface area contributed by atoms with Gasteiger partial charge in [0.25, 0.3) is 10.0 Å². The molecule has 11 heteroatoms. The Kier molecular flexibility index (Phi) is 10.3. The van der Waals surface area contributed by atoms with Gasteiger partial charge in [0.2, 0.25) is 5.91 Å². The van der Waals surface area contributed by atoms with Crippen molar-refractivity contribution in [1.29, 1.82) is 5.26 Å². The van der Waals surface area contributed by atoms with E-state index in [1.807, 2.05) is 23.2 Å². The predicted octanol–water partition coefficient (Wildman–Crippen LogP) is 3.65. The number of nitrogens with zero attached hydrogens (tertiary/aromatic N) is 4. The van der Waals surface area contributed by atoms with Crippen molar-refractivity contribution in [3.8, 4) is 6.07 Å². The molecule has 1 aromatic heterocycles. The molecule has 10 nitrogen and oxygen atoms in total. The minimum atomic E-state index is -3.82. The molecule has 2 saturated heterocycles. The van der Waals surface area contributed by atoms with Gasteiger partial charge in [-0.25, -0.2) is 8.42 Å². The summed E-state index contributed by atoms with van der Waals surface area (Å²) >= 11 is 0. The topological polar surface area (TPSA) is 131 Å². The summed E-state index contributed by atoms with van der Waals surface area (Å²) in [5.74, 6) is -0.362. The molecular formula is C31H48N6O4S. The highest BCUT2D eigenvalue weighted by molar-refractivity contribution is 7.89. The summed E-state index contributed by atoms with van der Waals surface area (Å²) < 4.78 is 35.4. The van der Waals surface area contributed by atoms with E-state index in [4.69, 9.17) is 4.74 Å². The maximum atomic E-state index is 14.7. The number of amidine groups is 1. The average Bonchev–Trinajstić information content (AvgIpc) is 3.67. The Balaban J connectivity index is 1.49. The van der Waals surface area contributed by atoms with E-state index in [1.54, 1.807) is 0 Å². The minimum Gasteiger partial charge on any atom is -0.378 e. The zero-order valence-corrected chi connectivity index (χ0v) is 25.9. The zero-order valence-electron chi connectivity index (χ0n) is 25.1. The van der Waals surface area contributed by atoms with E-state index >= 15 is 0 Å². The molecule has 4 aliphatic rings. The number of hydrogen-bond acceptors (Lipinski definition) is 6. The van der Waals surface area contributed by atoms with Crippen LogP contribution in [0.5, 0.6) is 0 Å². The molecule has 2 aliphatic heterocycles. The molecule has 1 aromatic rings. The summed E-state index contributed by atoms with van der Waals surface area (Å²) in [5.41, 5.74) is -0.106. The van der Waals surface area contributed by atoms with Crippen molar-refractivity contribution in [2.45, 2.75) is 82.1 Å². The summed E-state index contributed by atoms with van der Waals surface area (Å²) in [4.78, 5) is 22.3. The van der Waals surface area contributed by atoms with Gasteiger partial charge in [0.05, 0.1) is 25.5 Å². The Morgan fingerprint density at radius 3 is 2.45 bits per heavy atom. The number of likely N-dealkylation sites (tertiary alicyclic amines) is 1. The number of carbonyl (C=O) groups excluding carboxylic acids is 1. The number of ether oxygens (including phenoxy) is 1. The smallest absolute Gasteiger partial charge is 0.251 e. The number of sulfonamides is 1. The molecular weight excluding hydrogens is 552 g/mol. The zero-order chi connectivity index (χ0) is 29.6. The van der Waals surface area contributed by atoms with Crippen molar-refractivity contribution >= 4 is 21.8 Å². The van der Waals surface area contributed by atoms with Gasteiger partial charge in [-0.2, -0.15) is 5.26 Å². The normalized spacial score (nSPS) is 27.0. The Bertz CT molecular complexity index is 1210. The first-order valence-electron chi connectivity index (χ1n) is 16.0. The summed E-state index contributed by atoms with van der Waals surface area (Å²) in [5, 5.41) is 13.7. The molecule has 0 aromatic carbocycles. The molecule has 0 radical (unpaired) electrons. The van der Waals surface area contributed by atoms with Crippen molar-refractivity contribution in [1.82, 2.24) is 20.1 Å². The van der Waals surface area contributed by atoms with Crippen LogP contribution in [0.2, 0.25) is 0 Å². The third-order valence-electron chi connectivity index (χ3n) is 9.82. The Labute approximate surface area is 251 Å². The molecule has 42 heavy (non-hydrogen) atoms. The van der Waals surface area contributed by atoms with E-state index in [0.29, 0.717) is 45.2 Å². The third-order valence-corrected chi connectivity index (χ3v) is 10.3. The van der Waals surface area contributed by atoms with Crippen LogP contribution < -0.4 is 5.32 Å². The Hall–Kier alpha value is -2.42. The number of aromatic nitrogens is 1. The maximum Gasteiger partial charge on any atom is 0.251 e. The second-order valence-corrected chi connectivity index (χ2v) is 14.6. The van der Waals surface area contributed by atoms with E-state index < -0.39 is 21.5 Å². The van der Waals surface area contributed by atoms with Gasteiger partial charge in [-0.1, -0.05) is 38.5 Å².